The van der Waals surface area contributed by atoms with Crippen LogP contribution in [0, 0.1) is 0 Å². The van der Waals surface area contributed by atoms with Gasteiger partial charge in [-0.1, -0.05) is 15.9 Å². The van der Waals surface area contributed by atoms with Crippen LogP contribution in [0.1, 0.15) is 44.9 Å². The number of aromatic nitrogens is 1. The third-order valence-electron chi connectivity index (χ3n) is 5.43. The van der Waals surface area contributed by atoms with Crippen LogP contribution in [0.4, 0.5) is 0 Å². The van der Waals surface area contributed by atoms with Crippen molar-refractivity contribution in [2.45, 2.75) is 62.2 Å². The van der Waals surface area contributed by atoms with Gasteiger partial charge in [0, 0.05) is 23.7 Å². The smallest absolute Gasteiger partial charge is 0.303 e. The van der Waals surface area contributed by atoms with E-state index in [4.69, 9.17) is 23.6 Å². The number of methoxy groups -OCH3 is 1. The molecule has 6 nitrogen and oxygen atoms in total. The van der Waals surface area contributed by atoms with E-state index in [1.807, 2.05) is 19.9 Å². The Labute approximate surface area is 160 Å². The molecule has 3 atom stereocenters. The monoisotopic (exact) mass is 423 g/mol. The predicted octanol–water partition coefficient (Wildman–Crippen LogP) is 3.87. The van der Waals surface area contributed by atoms with E-state index < -0.39 is 17.3 Å². The number of carbonyl (C=O) groups excluding carboxylic acids is 1. The van der Waals surface area contributed by atoms with Gasteiger partial charge in [0.15, 0.2) is 0 Å². The van der Waals surface area contributed by atoms with Gasteiger partial charge in [-0.05, 0) is 32.8 Å². The Kier molecular flexibility index (Phi) is 4.08. The van der Waals surface area contributed by atoms with E-state index in [9.17, 15) is 4.79 Å². The van der Waals surface area contributed by atoms with Crippen LogP contribution in [-0.4, -0.2) is 34.6 Å². The molecule has 0 aromatic carbocycles. The number of fused-ring (bicyclic) bond motifs is 3. The predicted molar refractivity (Wildman–Crippen MR) is 98.6 cm³/mol. The first-order chi connectivity index (χ1) is 12.3. The van der Waals surface area contributed by atoms with E-state index in [-0.39, 0.29) is 10.8 Å². The van der Waals surface area contributed by atoms with Crippen molar-refractivity contribution < 1.29 is 23.4 Å². The summed E-state index contributed by atoms with van der Waals surface area (Å²) in [5.41, 5.74) is 1.00. The zero-order valence-electron chi connectivity index (χ0n) is 15.3. The summed E-state index contributed by atoms with van der Waals surface area (Å²) in [4.78, 5) is 16.6. The maximum Gasteiger partial charge on any atom is 0.303 e. The summed E-state index contributed by atoms with van der Waals surface area (Å²) >= 11 is 3.75. The third kappa shape index (κ3) is 2.47. The lowest BCUT2D eigenvalue weighted by Crippen LogP contribution is -2.47. The maximum absolute atomic E-state index is 11.7. The van der Waals surface area contributed by atoms with Crippen molar-refractivity contribution in [1.29, 1.82) is 0 Å². The lowest BCUT2D eigenvalue weighted by molar-refractivity contribution is -0.187. The lowest BCUT2D eigenvalue weighted by atomic mass is 9.77. The quantitative estimate of drug-likeness (QED) is 0.539. The van der Waals surface area contributed by atoms with Crippen molar-refractivity contribution in [3.63, 3.8) is 0 Å². The summed E-state index contributed by atoms with van der Waals surface area (Å²) in [7, 11) is 1.65. The van der Waals surface area contributed by atoms with E-state index in [1.54, 1.807) is 13.4 Å². The zero-order valence-corrected chi connectivity index (χ0v) is 16.9. The molecular weight excluding hydrogens is 402 g/mol. The molecule has 1 spiro atoms. The number of hydrogen-bond donors (Lipinski definition) is 0. The van der Waals surface area contributed by atoms with Crippen LogP contribution < -0.4 is 4.74 Å². The van der Waals surface area contributed by atoms with Crippen molar-refractivity contribution in [3.8, 4) is 5.75 Å². The minimum absolute atomic E-state index is 0.0964. The summed E-state index contributed by atoms with van der Waals surface area (Å²) in [6.07, 6.45) is 3.20. The van der Waals surface area contributed by atoms with Gasteiger partial charge in [0.05, 0.1) is 30.1 Å². The first-order valence-electron chi connectivity index (χ1n) is 8.74. The highest BCUT2D eigenvalue weighted by atomic mass is 79.9. The minimum Gasteiger partial charge on any atom is -0.496 e. The van der Waals surface area contributed by atoms with E-state index in [0.717, 1.165) is 22.4 Å². The van der Waals surface area contributed by atoms with Gasteiger partial charge in [0.1, 0.15) is 17.5 Å². The molecule has 2 aromatic rings. The number of carbonyl (C=O) groups is 1. The summed E-state index contributed by atoms with van der Waals surface area (Å²) in [5, 5.41) is 0.847. The summed E-state index contributed by atoms with van der Waals surface area (Å²) in [5.74, 6) is 0.446. The first kappa shape index (κ1) is 17.8. The van der Waals surface area contributed by atoms with E-state index >= 15 is 0 Å². The normalized spacial score (nSPS) is 29.7. The van der Waals surface area contributed by atoms with Gasteiger partial charge in [-0.15, -0.1) is 0 Å². The van der Waals surface area contributed by atoms with Crippen molar-refractivity contribution in [2.24, 2.45) is 0 Å². The third-order valence-corrected chi connectivity index (χ3v) is 6.86. The highest BCUT2D eigenvalue weighted by molar-refractivity contribution is 9.09. The molecular formula is C19H22BrNO5. The SMILES string of the molecule is COc1c2c(nc3occc13)C1(CC(Br)C(C)(C)O1)C(OC(C)=O)CC2. The highest BCUT2D eigenvalue weighted by Crippen LogP contribution is 2.55. The van der Waals surface area contributed by atoms with Crippen LogP contribution in [0.2, 0.25) is 0 Å². The Hall–Kier alpha value is -1.60. The second-order valence-electron chi connectivity index (χ2n) is 7.52. The Morgan fingerprint density at radius 2 is 2.19 bits per heavy atom. The average Bonchev–Trinajstić information content (AvgIpc) is 3.11. The molecule has 1 fully saturated rings. The van der Waals surface area contributed by atoms with Crippen LogP contribution >= 0.6 is 15.9 Å². The number of esters is 1. The molecule has 3 heterocycles. The molecule has 0 saturated carbocycles. The molecule has 1 saturated heterocycles. The van der Waals surface area contributed by atoms with Crippen molar-refractivity contribution >= 4 is 33.0 Å². The minimum atomic E-state index is -0.828. The molecule has 26 heavy (non-hydrogen) atoms. The van der Waals surface area contributed by atoms with Gasteiger partial charge in [0.25, 0.3) is 0 Å². The highest BCUT2D eigenvalue weighted by Gasteiger charge is 2.60. The number of nitrogens with zero attached hydrogens (tertiary/aromatic N) is 1. The largest absolute Gasteiger partial charge is 0.496 e. The van der Waals surface area contributed by atoms with Crippen LogP contribution in [-0.2, 0) is 26.3 Å². The van der Waals surface area contributed by atoms with E-state index in [2.05, 4.69) is 15.9 Å². The maximum atomic E-state index is 11.7. The molecule has 0 N–H and O–H groups in total. The van der Waals surface area contributed by atoms with Crippen molar-refractivity contribution in [1.82, 2.24) is 4.98 Å². The zero-order chi connectivity index (χ0) is 18.7. The second kappa shape index (κ2) is 5.96. The van der Waals surface area contributed by atoms with Gasteiger partial charge >= 0.3 is 5.97 Å². The van der Waals surface area contributed by atoms with Gasteiger partial charge in [-0.3, -0.25) is 4.79 Å². The second-order valence-corrected chi connectivity index (χ2v) is 8.62. The number of hydrogen-bond acceptors (Lipinski definition) is 6. The molecule has 2 aromatic heterocycles. The number of alkyl halides is 1. The molecule has 7 heteroatoms. The number of rotatable bonds is 2. The van der Waals surface area contributed by atoms with Crippen molar-refractivity contribution in [2.75, 3.05) is 7.11 Å². The topological polar surface area (TPSA) is 70.8 Å². The molecule has 1 aliphatic heterocycles. The molecule has 1 aliphatic carbocycles. The number of furan rings is 1. The Bertz CT molecular complexity index is 876. The molecule has 0 bridgehead atoms. The van der Waals surface area contributed by atoms with Gasteiger partial charge in [-0.2, -0.15) is 0 Å². The lowest BCUT2D eigenvalue weighted by Gasteiger charge is -2.41. The Balaban J connectivity index is 1.96. The van der Waals surface area contributed by atoms with E-state index in [1.165, 1.54) is 6.92 Å². The Morgan fingerprint density at radius 3 is 2.81 bits per heavy atom. The van der Waals surface area contributed by atoms with Gasteiger partial charge < -0.3 is 18.6 Å². The van der Waals surface area contributed by atoms with E-state index in [0.29, 0.717) is 25.0 Å². The summed E-state index contributed by atoms with van der Waals surface area (Å²) < 4.78 is 23.5. The van der Waals surface area contributed by atoms with Gasteiger partial charge in [0.2, 0.25) is 5.71 Å². The van der Waals surface area contributed by atoms with Crippen LogP contribution in [0.5, 0.6) is 5.75 Å². The molecule has 3 unspecified atom stereocenters. The van der Waals surface area contributed by atoms with Crippen LogP contribution in [0.15, 0.2) is 16.7 Å². The Morgan fingerprint density at radius 1 is 1.42 bits per heavy atom. The standard InChI is InChI=1S/C19H22BrNO5/c1-10(22)25-14-6-5-11-15(23-4)12-7-8-24-17(12)21-16(11)19(14)9-13(20)18(2,3)26-19/h7-8,13-14H,5-6,9H2,1-4H3. The first-order valence-corrected chi connectivity index (χ1v) is 9.66. The summed E-state index contributed by atoms with van der Waals surface area (Å²) in [6.45, 7) is 5.49. The van der Waals surface area contributed by atoms with Crippen LogP contribution in [0.25, 0.3) is 11.1 Å². The fourth-order valence-corrected chi connectivity index (χ4v) is 4.83. The average molecular weight is 424 g/mol. The van der Waals surface area contributed by atoms with Gasteiger partial charge in [-0.25, -0.2) is 4.98 Å². The fourth-order valence-electron chi connectivity index (χ4n) is 4.26. The number of ether oxygens (including phenoxy) is 3. The number of halogens is 1. The number of pyridine rings is 1. The fraction of sp³-hybridized carbons (Fsp3) is 0.579. The van der Waals surface area contributed by atoms with Crippen molar-refractivity contribution in [3.05, 3.63) is 23.6 Å². The molecule has 140 valence electrons. The van der Waals surface area contributed by atoms with Crippen LogP contribution in [0.3, 0.4) is 0 Å². The molecule has 0 radical (unpaired) electrons. The summed E-state index contributed by atoms with van der Waals surface area (Å²) in [6, 6.07) is 1.86. The molecule has 0 amide bonds. The molecule has 4 rings (SSSR count). The molecule has 2 aliphatic rings.